The van der Waals surface area contributed by atoms with Crippen molar-refractivity contribution in [3.63, 3.8) is 0 Å². The average molecular weight is 354 g/mol. The topological polar surface area (TPSA) is 49.4 Å². The Morgan fingerprint density at radius 2 is 1.71 bits per heavy atom. The van der Waals surface area contributed by atoms with Gasteiger partial charge in [0.05, 0.1) is 11.3 Å². The SMILES string of the molecule is O=C(Cc1ccccc1)NN1C(=O)C(=Cc2ccccc2)SC1=S. The maximum absolute atomic E-state index is 12.4. The minimum absolute atomic E-state index is 0.190. The summed E-state index contributed by atoms with van der Waals surface area (Å²) in [7, 11) is 0. The van der Waals surface area contributed by atoms with Crippen LogP contribution in [0.3, 0.4) is 0 Å². The van der Waals surface area contributed by atoms with Crippen molar-refractivity contribution in [3.05, 3.63) is 76.7 Å². The predicted molar refractivity (Wildman–Crippen MR) is 99.7 cm³/mol. The van der Waals surface area contributed by atoms with Crippen molar-refractivity contribution in [1.82, 2.24) is 10.4 Å². The Kier molecular flexibility index (Phi) is 5.08. The first kappa shape index (κ1) is 16.4. The molecule has 1 N–H and O–H groups in total. The Hall–Kier alpha value is -2.44. The lowest BCUT2D eigenvalue weighted by Crippen LogP contribution is -2.45. The standard InChI is InChI=1S/C18H14N2O2S2/c21-16(12-14-9-5-2-6-10-14)19-20-17(22)15(24-18(20)23)11-13-7-3-1-4-8-13/h1-11H,12H2,(H,19,21). The number of benzene rings is 2. The fourth-order valence-corrected chi connectivity index (χ4v) is 3.39. The molecule has 6 heteroatoms. The van der Waals surface area contributed by atoms with Gasteiger partial charge in [-0.05, 0) is 29.4 Å². The van der Waals surface area contributed by atoms with Gasteiger partial charge in [-0.3, -0.25) is 15.0 Å². The number of rotatable bonds is 4. The van der Waals surface area contributed by atoms with E-state index in [0.717, 1.165) is 16.1 Å². The molecule has 120 valence electrons. The molecule has 2 amide bonds. The summed E-state index contributed by atoms with van der Waals surface area (Å²) in [6, 6.07) is 18.8. The van der Waals surface area contributed by atoms with Gasteiger partial charge in [-0.25, -0.2) is 0 Å². The molecule has 1 heterocycles. The molecule has 24 heavy (non-hydrogen) atoms. The van der Waals surface area contributed by atoms with Crippen LogP contribution in [-0.4, -0.2) is 21.1 Å². The van der Waals surface area contributed by atoms with Crippen molar-refractivity contribution < 1.29 is 9.59 Å². The molecule has 1 aliphatic rings. The van der Waals surface area contributed by atoms with Crippen molar-refractivity contribution in [2.75, 3.05) is 0 Å². The fourth-order valence-electron chi connectivity index (χ4n) is 2.21. The van der Waals surface area contributed by atoms with Gasteiger partial charge in [0.25, 0.3) is 5.91 Å². The van der Waals surface area contributed by atoms with Gasteiger partial charge in [0.2, 0.25) is 5.91 Å². The molecule has 0 unspecified atom stereocenters. The lowest BCUT2D eigenvalue weighted by molar-refractivity contribution is -0.132. The van der Waals surface area contributed by atoms with Gasteiger partial charge in [0, 0.05) is 0 Å². The molecular weight excluding hydrogens is 340 g/mol. The van der Waals surface area contributed by atoms with Crippen molar-refractivity contribution in [3.8, 4) is 0 Å². The van der Waals surface area contributed by atoms with E-state index in [1.165, 1.54) is 11.8 Å². The van der Waals surface area contributed by atoms with E-state index in [0.29, 0.717) is 9.23 Å². The maximum atomic E-state index is 12.4. The second-order valence-corrected chi connectivity index (χ2v) is 6.80. The summed E-state index contributed by atoms with van der Waals surface area (Å²) in [5.74, 6) is -0.589. The van der Waals surface area contributed by atoms with Crippen molar-refractivity contribution in [1.29, 1.82) is 0 Å². The van der Waals surface area contributed by atoms with Crippen LogP contribution < -0.4 is 5.43 Å². The van der Waals surface area contributed by atoms with Crippen LogP contribution in [0.2, 0.25) is 0 Å². The van der Waals surface area contributed by atoms with E-state index in [9.17, 15) is 9.59 Å². The minimum Gasteiger partial charge on any atom is -0.273 e. The molecule has 0 radical (unpaired) electrons. The number of amides is 2. The van der Waals surface area contributed by atoms with Crippen LogP contribution in [0.5, 0.6) is 0 Å². The summed E-state index contributed by atoms with van der Waals surface area (Å²) in [6.07, 6.45) is 1.96. The zero-order valence-corrected chi connectivity index (χ0v) is 14.3. The van der Waals surface area contributed by atoms with Gasteiger partial charge >= 0.3 is 0 Å². The van der Waals surface area contributed by atoms with Gasteiger partial charge in [-0.15, -0.1) is 0 Å². The minimum atomic E-state index is -0.310. The Morgan fingerprint density at radius 3 is 2.38 bits per heavy atom. The van der Waals surface area contributed by atoms with Crippen LogP contribution in [0.15, 0.2) is 65.6 Å². The molecule has 4 nitrogen and oxygen atoms in total. The van der Waals surface area contributed by atoms with Crippen LogP contribution in [0.4, 0.5) is 0 Å². The van der Waals surface area contributed by atoms with E-state index in [2.05, 4.69) is 5.43 Å². The quantitative estimate of drug-likeness (QED) is 0.677. The molecule has 0 aromatic heterocycles. The first-order valence-electron chi connectivity index (χ1n) is 7.30. The molecule has 3 rings (SSSR count). The second-order valence-electron chi connectivity index (χ2n) is 5.13. The van der Waals surface area contributed by atoms with E-state index >= 15 is 0 Å². The molecule has 0 spiro atoms. The summed E-state index contributed by atoms with van der Waals surface area (Å²) >= 11 is 6.39. The lowest BCUT2D eigenvalue weighted by Gasteiger charge is -2.15. The van der Waals surface area contributed by atoms with Gasteiger partial charge in [-0.1, -0.05) is 72.4 Å². The first-order chi connectivity index (χ1) is 11.6. The van der Waals surface area contributed by atoms with E-state index in [-0.39, 0.29) is 18.2 Å². The molecule has 1 fully saturated rings. The van der Waals surface area contributed by atoms with Gasteiger partial charge in [-0.2, -0.15) is 5.01 Å². The lowest BCUT2D eigenvalue weighted by atomic mass is 10.1. The smallest absolute Gasteiger partial charge is 0.273 e. The molecule has 0 bridgehead atoms. The predicted octanol–water partition coefficient (Wildman–Crippen LogP) is 3.16. The molecule has 0 atom stereocenters. The van der Waals surface area contributed by atoms with Gasteiger partial charge in [0.15, 0.2) is 4.32 Å². The monoisotopic (exact) mass is 354 g/mol. The Labute approximate surface area is 149 Å². The molecule has 2 aromatic rings. The molecule has 0 aliphatic carbocycles. The van der Waals surface area contributed by atoms with Crippen LogP contribution >= 0.6 is 24.0 Å². The fraction of sp³-hybridized carbons (Fsp3) is 0.0556. The van der Waals surface area contributed by atoms with Crippen LogP contribution in [0, 0.1) is 0 Å². The highest BCUT2D eigenvalue weighted by Gasteiger charge is 2.33. The Balaban J connectivity index is 1.68. The highest BCUT2D eigenvalue weighted by molar-refractivity contribution is 8.26. The van der Waals surface area contributed by atoms with Crippen molar-refractivity contribution in [2.45, 2.75) is 6.42 Å². The zero-order chi connectivity index (χ0) is 16.9. The van der Waals surface area contributed by atoms with Gasteiger partial charge < -0.3 is 0 Å². The normalized spacial score (nSPS) is 15.8. The highest BCUT2D eigenvalue weighted by atomic mass is 32.2. The Bertz CT molecular complexity index is 804. The number of nitrogens with zero attached hydrogens (tertiary/aromatic N) is 1. The largest absolute Gasteiger partial charge is 0.285 e. The average Bonchev–Trinajstić information content (AvgIpc) is 2.84. The number of carbonyl (C=O) groups is 2. The molecule has 1 aliphatic heterocycles. The summed E-state index contributed by atoms with van der Waals surface area (Å²) in [4.78, 5) is 25.1. The summed E-state index contributed by atoms with van der Waals surface area (Å²) in [6.45, 7) is 0. The number of hydrogen-bond acceptors (Lipinski definition) is 4. The van der Waals surface area contributed by atoms with Gasteiger partial charge in [0.1, 0.15) is 0 Å². The van der Waals surface area contributed by atoms with Crippen LogP contribution in [0.25, 0.3) is 6.08 Å². The molecule has 2 aromatic carbocycles. The number of hydrogen-bond donors (Lipinski definition) is 1. The molecule has 0 saturated carbocycles. The third-order valence-corrected chi connectivity index (χ3v) is 4.64. The second kappa shape index (κ2) is 7.42. The van der Waals surface area contributed by atoms with E-state index in [1.807, 2.05) is 60.7 Å². The van der Waals surface area contributed by atoms with Crippen LogP contribution in [0.1, 0.15) is 11.1 Å². The maximum Gasteiger partial charge on any atom is 0.285 e. The zero-order valence-electron chi connectivity index (χ0n) is 12.6. The molecule has 1 saturated heterocycles. The third-order valence-electron chi connectivity index (χ3n) is 3.34. The van der Waals surface area contributed by atoms with E-state index in [4.69, 9.17) is 12.2 Å². The molecular formula is C18H14N2O2S2. The summed E-state index contributed by atoms with van der Waals surface area (Å²) < 4.78 is 0.323. The third kappa shape index (κ3) is 3.90. The van der Waals surface area contributed by atoms with Crippen molar-refractivity contribution in [2.24, 2.45) is 0 Å². The van der Waals surface area contributed by atoms with E-state index < -0.39 is 0 Å². The van der Waals surface area contributed by atoms with Crippen molar-refractivity contribution >= 4 is 46.2 Å². The number of nitrogens with one attached hydrogen (secondary N) is 1. The summed E-state index contributed by atoms with van der Waals surface area (Å²) in [5.41, 5.74) is 4.37. The number of thiocarbonyl (C=S) groups is 1. The number of hydrazine groups is 1. The summed E-state index contributed by atoms with van der Waals surface area (Å²) in [5, 5.41) is 1.14. The van der Waals surface area contributed by atoms with Crippen LogP contribution in [-0.2, 0) is 16.0 Å². The highest BCUT2D eigenvalue weighted by Crippen LogP contribution is 2.31. The van der Waals surface area contributed by atoms with E-state index in [1.54, 1.807) is 6.08 Å². The number of carbonyl (C=O) groups excluding carboxylic acids is 2. The first-order valence-corrected chi connectivity index (χ1v) is 8.52. The number of thioether (sulfide) groups is 1. The Morgan fingerprint density at radius 1 is 1.08 bits per heavy atom.